The van der Waals surface area contributed by atoms with Gasteiger partial charge in [0, 0.05) is 16.3 Å². The van der Waals surface area contributed by atoms with Crippen LogP contribution in [0.5, 0.6) is 0 Å². The van der Waals surface area contributed by atoms with Crippen molar-refractivity contribution in [2.24, 2.45) is 11.8 Å². The Morgan fingerprint density at radius 1 is 0.771 bits per heavy atom. The Kier molecular flexibility index (Phi) is 8.00. The van der Waals surface area contributed by atoms with E-state index in [9.17, 15) is 19.5 Å². The van der Waals surface area contributed by atoms with Gasteiger partial charge in [-0.15, -0.1) is 11.8 Å². The summed E-state index contributed by atoms with van der Waals surface area (Å²) in [7, 11) is 0. The Morgan fingerprint density at radius 2 is 1.40 bits per heavy atom. The largest absolute Gasteiger partial charge is 0.481 e. The number of rotatable bonds is 8. The lowest BCUT2D eigenvalue weighted by atomic mass is 9.82. The van der Waals surface area contributed by atoms with E-state index in [1.54, 1.807) is 6.07 Å². The molecular weight excluding hydrogens is 460 g/mol. The lowest BCUT2D eigenvalue weighted by Crippen LogP contribution is -2.34. The molecule has 178 valence electrons. The molecule has 3 unspecified atom stereocenters. The van der Waals surface area contributed by atoms with Gasteiger partial charge in [-0.05, 0) is 48.7 Å². The van der Waals surface area contributed by atoms with Crippen LogP contribution in [0.3, 0.4) is 0 Å². The van der Waals surface area contributed by atoms with Crippen molar-refractivity contribution in [1.29, 1.82) is 0 Å². The van der Waals surface area contributed by atoms with Crippen LogP contribution in [0.4, 0.5) is 11.4 Å². The fraction of sp³-hybridized carbons (Fsp3) is 0.179. The molecule has 3 N–H and O–H groups in total. The fourth-order valence-electron chi connectivity index (χ4n) is 4.03. The number of benzene rings is 3. The van der Waals surface area contributed by atoms with Gasteiger partial charge in [0.15, 0.2) is 0 Å². The van der Waals surface area contributed by atoms with Crippen LogP contribution in [0.1, 0.15) is 23.7 Å². The molecule has 3 aromatic carbocycles. The molecular formula is C28H26N2O4S. The number of aliphatic carboxylic acids is 1. The van der Waals surface area contributed by atoms with Crippen molar-refractivity contribution in [3.63, 3.8) is 0 Å². The lowest BCUT2D eigenvalue weighted by molar-refractivity contribution is -0.146. The second-order valence-corrected chi connectivity index (χ2v) is 9.45. The SMILES string of the molecule is O=C(Nc1ccccc1)C(Sc1cccc(NC(=O)C2CC=CCC2C(=O)O)c1)c1ccccc1. The van der Waals surface area contributed by atoms with E-state index in [0.29, 0.717) is 18.5 Å². The number of nitrogens with one attached hydrogen (secondary N) is 2. The number of hydrogen-bond acceptors (Lipinski definition) is 4. The van der Waals surface area contributed by atoms with Crippen molar-refractivity contribution in [2.45, 2.75) is 23.0 Å². The van der Waals surface area contributed by atoms with Gasteiger partial charge in [0.2, 0.25) is 11.8 Å². The first-order valence-corrected chi connectivity index (χ1v) is 12.3. The minimum absolute atomic E-state index is 0.153. The molecule has 0 aromatic heterocycles. The monoisotopic (exact) mass is 486 g/mol. The molecule has 1 aliphatic carbocycles. The molecule has 0 saturated carbocycles. The summed E-state index contributed by atoms with van der Waals surface area (Å²) in [5, 5.41) is 14.8. The maximum Gasteiger partial charge on any atom is 0.307 e. The predicted molar refractivity (Wildman–Crippen MR) is 138 cm³/mol. The smallest absolute Gasteiger partial charge is 0.307 e. The first-order chi connectivity index (χ1) is 17.0. The molecule has 0 fully saturated rings. The molecule has 4 rings (SSSR count). The van der Waals surface area contributed by atoms with Crippen molar-refractivity contribution in [2.75, 3.05) is 10.6 Å². The van der Waals surface area contributed by atoms with Crippen LogP contribution in [0.15, 0.2) is 102 Å². The zero-order valence-corrected chi connectivity index (χ0v) is 19.8. The minimum atomic E-state index is -0.964. The highest BCUT2D eigenvalue weighted by atomic mass is 32.2. The Hall–Kier alpha value is -3.84. The molecule has 0 bridgehead atoms. The summed E-state index contributed by atoms with van der Waals surface area (Å²) in [6.07, 6.45) is 4.40. The summed E-state index contributed by atoms with van der Waals surface area (Å²) in [5.41, 5.74) is 2.14. The summed E-state index contributed by atoms with van der Waals surface area (Å²) in [5.74, 6) is -2.79. The van der Waals surface area contributed by atoms with Gasteiger partial charge < -0.3 is 15.7 Å². The van der Waals surface area contributed by atoms with Gasteiger partial charge in [0.05, 0.1) is 11.8 Å². The van der Waals surface area contributed by atoms with Crippen molar-refractivity contribution in [1.82, 2.24) is 0 Å². The molecule has 0 radical (unpaired) electrons. The number of hydrogen-bond donors (Lipinski definition) is 3. The van der Waals surface area contributed by atoms with Crippen LogP contribution < -0.4 is 10.6 Å². The third-order valence-electron chi connectivity index (χ3n) is 5.82. The molecule has 7 heteroatoms. The van der Waals surface area contributed by atoms with Crippen LogP contribution in [0.25, 0.3) is 0 Å². The lowest BCUT2D eigenvalue weighted by Gasteiger charge is -2.24. The highest BCUT2D eigenvalue weighted by molar-refractivity contribution is 8.00. The van der Waals surface area contributed by atoms with Gasteiger partial charge in [-0.3, -0.25) is 14.4 Å². The van der Waals surface area contributed by atoms with E-state index in [-0.39, 0.29) is 11.8 Å². The summed E-state index contributed by atoms with van der Waals surface area (Å²) >= 11 is 1.38. The van der Waals surface area contributed by atoms with Gasteiger partial charge in [0.1, 0.15) is 5.25 Å². The number of anilines is 2. The molecule has 6 nitrogen and oxygen atoms in total. The molecule has 3 aromatic rings. The molecule has 2 amide bonds. The Bertz CT molecular complexity index is 1210. The maximum absolute atomic E-state index is 13.2. The molecule has 0 spiro atoms. The van der Waals surface area contributed by atoms with E-state index in [0.717, 1.165) is 16.1 Å². The first-order valence-electron chi connectivity index (χ1n) is 11.4. The van der Waals surface area contributed by atoms with Gasteiger partial charge >= 0.3 is 5.97 Å². The summed E-state index contributed by atoms with van der Waals surface area (Å²) in [4.78, 5) is 38.5. The average molecular weight is 487 g/mol. The Balaban J connectivity index is 1.51. The normalized spacial score (nSPS) is 17.8. The minimum Gasteiger partial charge on any atom is -0.481 e. The first kappa shape index (κ1) is 24.3. The van der Waals surface area contributed by atoms with Crippen LogP contribution in [0, 0.1) is 11.8 Å². The molecule has 1 aliphatic rings. The van der Waals surface area contributed by atoms with Crippen LogP contribution in [-0.2, 0) is 14.4 Å². The standard InChI is InChI=1S/C28H26N2O4S/c31-26(23-16-7-8-17-24(23)28(33)34)30-21-14-9-15-22(18-21)35-25(19-10-3-1-4-11-19)27(32)29-20-12-5-2-6-13-20/h1-15,18,23-25H,16-17H2,(H,29,32)(H,30,31)(H,33,34). The van der Waals surface area contributed by atoms with E-state index in [2.05, 4.69) is 10.6 Å². The highest BCUT2D eigenvalue weighted by Crippen LogP contribution is 2.37. The van der Waals surface area contributed by atoms with E-state index in [1.165, 1.54) is 11.8 Å². The molecule has 35 heavy (non-hydrogen) atoms. The van der Waals surface area contributed by atoms with Crippen molar-refractivity contribution < 1.29 is 19.5 Å². The van der Waals surface area contributed by atoms with E-state index in [1.807, 2.05) is 91.0 Å². The highest BCUT2D eigenvalue weighted by Gasteiger charge is 2.34. The number of carbonyl (C=O) groups is 3. The Morgan fingerprint density at radius 3 is 2.09 bits per heavy atom. The van der Waals surface area contributed by atoms with Gasteiger partial charge in [-0.25, -0.2) is 0 Å². The number of carboxylic acid groups (broad SMARTS) is 1. The second kappa shape index (κ2) is 11.5. The van der Waals surface area contributed by atoms with Crippen molar-refractivity contribution >= 4 is 40.9 Å². The quantitative estimate of drug-likeness (QED) is 0.278. The van der Waals surface area contributed by atoms with Gasteiger partial charge in [0.25, 0.3) is 0 Å². The van der Waals surface area contributed by atoms with Crippen LogP contribution in [0.2, 0.25) is 0 Å². The number of carbonyl (C=O) groups excluding carboxylic acids is 2. The van der Waals surface area contributed by atoms with E-state index < -0.39 is 23.1 Å². The topological polar surface area (TPSA) is 95.5 Å². The zero-order valence-electron chi connectivity index (χ0n) is 19.0. The van der Waals surface area contributed by atoms with Gasteiger partial charge in [-0.1, -0.05) is 66.7 Å². The van der Waals surface area contributed by atoms with E-state index >= 15 is 0 Å². The second-order valence-electron chi connectivity index (χ2n) is 8.27. The predicted octanol–water partition coefficient (Wildman–Crippen LogP) is 5.76. The number of amides is 2. The van der Waals surface area contributed by atoms with E-state index in [4.69, 9.17) is 0 Å². The summed E-state index contributed by atoms with van der Waals surface area (Å²) in [6.45, 7) is 0. The molecule has 3 atom stereocenters. The molecule has 0 heterocycles. The number of para-hydroxylation sites is 1. The zero-order chi connectivity index (χ0) is 24.6. The summed E-state index contributed by atoms with van der Waals surface area (Å²) in [6, 6.07) is 26.1. The fourth-order valence-corrected chi connectivity index (χ4v) is 5.11. The number of thioether (sulfide) groups is 1. The van der Waals surface area contributed by atoms with Crippen molar-refractivity contribution in [3.8, 4) is 0 Å². The summed E-state index contributed by atoms with van der Waals surface area (Å²) < 4.78 is 0. The third-order valence-corrected chi connectivity index (χ3v) is 7.07. The molecule has 0 aliphatic heterocycles. The average Bonchev–Trinajstić information content (AvgIpc) is 2.88. The van der Waals surface area contributed by atoms with Crippen LogP contribution in [-0.4, -0.2) is 22.9 Å². The molecule has 0 saturated heterocycles. The number of carboxylic acids is 1. The van der Waals surface area contributed by atoms with Gasteiger partial charge in [-0.2, -0.15) is 0 Å². The van der Waals surface area contributed by atoms with Crippen LogP contribution >= 0.6 is 11.8 Å². The Labute approximate surface area is 208 Å². The third kappa shape index (κ3) is 6.39. The maximum atomic E-state index is 13.2. The number of allylic oxidation sites excluding steroid dienone is 2. The van der Waals surface area contributed by atoms with Crippen molar-refractivity contribution in [3.05, 3.63) is 103 Å².